The summed E-state index contributed by atoms with van der Waals surface area (Å²) in [6.07, 6.45) is 0. The molecule has 0 unspecified atom stereocenters. The van der Waals surface area contributed by atoms with Gasteiger partial charge in [-0.1, -0.05) is 40.9 Å². The molecule has 0 aliphatic rings. The molecule has 0 saturated heterocycles. The first-order chi connectivity index (χ1) is 8.06. The highest BCUT2D eigenvalue weighted by Crippen LogP contribution is 2.35. The molecule has 0 aliphatic heterocycles. The number of benzene rings is 2. The number of nitrogens with one attached hydrogen (secondary N) is 1. The topological polar surface area (TPSA) is 38.0 Å². The Balaban J connectivity index is 2.36. The largest absolute Gasteiger partial charge is 0.399 e. The number of nitrogen functional groups attached to an aromatic ring is 1. The molecule has 0 heterocycles. The third kappa shape index (κ3) is 2.97. The van der Waals surface area contributed by atoms with Gasteiger partial charge in [-0.25, -0.2) is 0 Å². The average Bonchev–Trinajstić information content (AvgIpc) is 2.23. The molecule has 5 heteroatoms. The smallest absolute Gasteiger partial charge is 0.0764 e. The van der Waals surface area contributed by atoms with Gasteiger partial charge in [-0.3, -0.25) is 0 Å². The summed E-state index contributed by atoms with van der Waals surface area (Å²) in [5, 5.41) is 4.68. The molecule has 88 valence electrons. The van der Waals surface area contributed by atoms with E-state index in [-0.39, 0.29) is 0 Å². The monoisotopic (exact) mass is 286 g/mol. The first-order valence-electron chi connectivity index (χ1n) is 4.83. The number of nitrogens with two attached hydrogens (primary N) is 1. The Labute approximate surface area is 114 Å². The third-order valence-electron chi connectivity index (χ3n) is 2.16. The van der Waals surface area contributed by atoms with Gasteiger partial charge in [-0.15, -0.1) is 0 Å². The van der Waals surface area contributed by atoms with Crippen molar-refractivity contribution in [2.75, 3.05) is 11.1 Å². The van der Waals surface area contributed by atoms with E-state index in [0.717, 1.165) is 5.69 Å². The van der Waals surface area contributed by atoms with Gasteiger partial charge >= 0.3 is 0 Å². The van der Waals surface area contributed by atoms with E-state index in [4.69, 9.17) is 40.5 Å². The highest BCUT2D eigenvalue weighted by Gasteiger charge is 2.07. The lowest BCUT2D eigenvalue weighted by atomic mass is 10.2. The zero-order chi connectivity index (χ0) is 12.4. The summed E-state index contributed by atoms with van der Waals surface area (Å²) in [5.74, 6) is 0. The van der Waals surface area contributed by atoms with Crippen LogP contribution >= 0.6 is 34.8 Å². The van der Waals surface area contributed by atoms with Gasteiger partial charge in [0.1, 0.15) is 0 Å². The van der Waals surface area contributed by atoms with Crippen LogP contribution in [0.1, 0.15) is 0 Å². The van der Waals surface area contributed by atoms with Crippen LogP contribution in [-0.4, -0.2) is 0 Å². The van der Waals surface area contributed by atoms with Crippen LogP contribution in [0.5, 0.6) is 0 Å². The van der Waals surface area contributed by atoms with Crippen LogP contribution in [0.2, 0.25) is 15.1 Å². The van der Waals surface area contributed by atoms with E-state index in [1.807, 2.05) is 12.1 Å². The maximum atomic E-state index is 6.06. The first-order valence-corrected chi connectivity index (χ1v) is 5.97. The van der Waals surface area contributed by atoms with Crippen LogP contribution in [0.25, 0.3) is 0 Å². The summed E-state index contributed by atoms with van der Waals surface area (Å²) in [7, 11) is 0. The maximum absolute atomic E-state index is 6.06. The number of hydrogen-bond donors (Lipinski definition) is 2. The summed E-state index contributed by atoms with van der Waals surface area (Å²) in [6, 6.07) is 10.6. The number of halogens is 3. The number of anilines is 3. The van der Waals surface area contributed by atoms with Crippen molar-refractivity contribution >= 4 is 51.9 Å². The summed E-state index contributed by atoms with van der Waals surface area (Å²) < 4.78 is 0. The molecule has 0 radical (unpaired) electrons. The number of rotatable bonds is 2. The summed E-state index contributed by atoms with van der Waals surface area (Å²) >= 11 is 18.0. The first kappa shape index (κ1) is 12.4. The predicted octanol–water partition coefficient (Wildman–Crippen LogP) is 4.97. The van der Waals surface area contributed by atoms with Crippen molar-refractivity contribution in [3.8, 4) is 0 Å². The molecular formula is C12H9Cl3N2. The molecule has 0 spiro atoms. The zero-order valence-corrected chi connectivity index (χ0v) is 10.9. The Morgan fingerprint density at radius 3 is 2.18 bits per heavy atom. The molecule has 2 aromatic carbocycles. The lowest BCUT2D eigenvalue weighted by Gasteiger charge is -2.11. The van der Waals surface area contributed by atoms with Gasteiger partial charge in [-0.05, 0) is 30.3 Å². The van der Waals surface area contributed by atoms with Crippen molar-refractivity contribution in [1.82, 2.24) is 0 Å². The summed E-state index contributed by atoms with van der Waals surface area (Å²) in [5.41, 5.74) is 7.58. The fraction of sp³-hybridized carbons (Fsp3) is 0. The van der Waals surface area contributed by atoms with E-state index >= 15 is 0 Å². The van der Waals surface area contributed by atoms with Gasteiger partial charge in [0.25, 0.3) is 0 Å². The minimum Gasteiger partial charge on any atom is -0.399 e. The Morgan fingerprint density at radius 2 is 1.59 bits per heavy atom. The second kappa shape index (κ2) is 5.05. The minimum atomic E-state index is 0.468. The molecule has 3 N–H and O–H groups in total. The van der Waals surface area contributed by atoms with Crippen LogP contribution in [0.4, 0.5) is 17.1 Å². The van der Waals surface area contributed by atoms with Crippen molar-refractivity contribution in [2.24, 2.45) is 0 Å². The molecule has 0 saturated carbocycles. The predicted molar refractivity (Wildman–Crippen MR) is 75.6 cm³/mol. The van der Waals surface area contributed by atoms with E-state index in [1.165, 1.54) is 0 Å². The minimum absolute atomic E-state index is 0.468. The highest BCUT2D eigenvalue weighted by molar-refractivity contribution is 6.39. The molecule has 2 nitrogen and oxygen atoms in total. The van der Waals surface area contributed by atoms with Gasteiger partial charge in [0, 0.05) is 16.4 Å². The van der Waals surface area contributed by atoms with E-state index in [9.17, 15) is 0 Å². The summed E-state index contributed by atoms with van der Waals surface area (Å²) in [6.45, 7) is 0. The van der Waals surface area contributed by atoms with Crippen molar-refractivity contribution in [2.45, 2.75) is 0 Å². The molecule has 2 aromatic rings. The lowest BCUT2D eigenvalue weighted by Crippen LogP contribution is -1.94. The van der Waals surface area contributed by atoms with Gasteiger partial charge < -0.3 is 11.1 Å². The second-order valence-electron chi connectivity index (χ2n) is 3.49. The normalized spacial score (nSPS) is 10.3. The second-order valence-corrected chi connectivity index (χ2v) is 4.75. The van der Waals surface area contributed by atoms with Crippen molar-refractivity contribution in [1.29, 1.82) is 0 Å². The maximum Gasteiger partial charge on any atom is 0.0764 e. The Kier molecular flexibility index (Phi) is 3.67. The number of hydrogen-bond acceptors (Lipinski definition) is 2. The molecule has 0 aliphatic carbocycles. The molecule has 0 aromatic heterocycles. The van der Waals surface area contributed by atoms with E-state index < -0.39 is 0 Å². The SMILES string of the molecule is Nc1cc(Cl)c(Nc2cccc(Cl)c2)c(Cl)c1. The van der Waals surface area contributed by atoms with Gasteiger partial charge in [-0.2, -0.15) is 0 Å². The fourth-order valence-electron chi connectivity index (χ4n) is 1.42. The Morgan fingerprint density at radius 1 is 0.941 bits per heavy atom. The average molecular weight is 288 g/mol. The molecule has 0 fully saturated rings. The van der Waals surface area contributed by atoms with Crippen LogP contribution in [-0.2, 0) is 0 Å². The molecule has 0 bridgehead atoms. The van der Waals surface area contributed by atoms with Crippen LogP contribution in [0.15, 0.2) is 36.4 Å². The van der Waals surface area contributed by atoms with E-state index in [2.05, 4.69) is 5.32 Å². The highest BCUT2D eigenvalue weighted by atomic mass is 35.5. The molecular weight excluding hydrogens is 279 g/mol. The Bertz CT molecular complexity index is 532. The van der Waals surface area contributed by atoms with Crippen molar-refractivity contribution < 1.29 is 0 Å². The molecule has 17 heavy (non-hydrogen) atoms. The molecule has 0 amide bonds. The fourth-order valence-corrected chi connectivity index (χ4v) is 2.21. The van der Waals surface area contributed by atoms with E-state index in [1.54, 1.807) is 24.3 Å². The van der Waals surface area contributed by atoms with Crippen LogP contribution in [0, 0.1) is 0 Å². The van der Waals surface area contributed by atoms with Crippen molar-refractivity contribution in [3.63, 3.8) is 0 Å². The van der Waals surface area contributed by atoms with Gasteiger partial charge in [0.2, 0.25) is 0 Å². The van der Waals surface area contributed by atoms with Crippen LogP contribution in [0.3, 0.4) is 0 Å². The standard InChI is InChI=1S/C12H9Cl3N2/c13-7-2-1-3-9(4-7)17-12-10(14)5-8(16)6-11(12)15/h1-6,17H,16H2. The van der Waals surface area contributed by atoms with Gasteiger partial charge in [0.05, 0.1) is 15.7 Å². The zero-order valence-electron chi connectivity index (χ0n) is 8.68. The quantitative estimate of drug-likeness (QED) is 0.765. The van der Waals surface area contributed by atoms with Crippen molar-refractivity contribution in [3.05, 3.63) is 51.5 Å². The third-order valence-corrected chi connectivity index (χ3v) is 2.99. The summed E-state index contributed by atoms with van der Waals surface area (Å²) in [4.78, 5) is 0. The Hall–Kier alpha value is -1.09. The van der Waals surface area contributed by atoms with E-state index in [0.29, 0.717) is 26.4 Å². The van der Waals surface area contributed by atoms with Gasteiger partial charge in [0.15, 0.2) is 0 Å². The van der Waals surface area contributed by atoms with Crippen LogP contribution < -0.4 is 11.1 Å². The lowest BCUT2D eigenvalue weighted by molar-refractivity contribution is 1.55. The molecule has 2 rings (SSSR count). The molecule has 0 atom stereocenters.